The summed E-state index contributed by atoms with van der Waals surface area (Å²) in [6.45, 7) is 8.12. The van der Waals surface area contributed by atoms with Gasteiger partial charge in [-0.2, -0.15) is 0 Å². The van der Waals surface area contributed by atoms with Gasteiger partial charge in [0.25, 0.3) is 10.0 Å². The quantitative estimate of drug-likeness (QED) is 0.651. The molecule has 5 nitrogen and oxygen atoms in total. The van der Waals surface area contributed by atoms with Crippen molar-refractivity contribution >= 4 is 10.0 Å². The van der Waals surface area contributed by atoms with Gasteiger partial charge in [-0.25, -0.2) is 13.1 Å². The molecule has 0 amide bonds. The smallest absolute Gasteiger partial charge is 0.273 e. The van der Waals surface area contributed by atoms with Crippen molar-refractivity contribution in [1.29, 1.82) is 0 Å². The molecule has 0 aliphatic rings. The summed E-state index contributed by atoms with van der Waals surface area (Å²) in [6.07, 6.45) is 4.94. The Labute approximate surface area is 128 Å². The average molecular weight is 316 g/mol. The second-order valence-electron chi connectivity index (χ2n) is 6.15. The first-order valence-electron chi connectivity index (χ1n) is 7.54. The van der Waals surface area contributed by atoms with Crippen molar-refractivity contribution < 1.29 is 12.8 Å². The maximum atomic E-state index is 11.6. The number of furan rings is 1. The van der Waals surface area contributed by atoms with Gasteiger partial charge in [0.1, 0.15) is 5.76 Å². The predicted molar refractivity (Wildman–Crippen MR) is 84.6 cm³/mol. The number of rotatable bonds is 10. The number of sulfonamides is 1. The molecular weight excluding hydrogens is 288 g/mol. The molecule has 2 N–H and O–H groups in total. The molecule has 1 aromatic heterocycles. The molecule has 0 aliphatic heterocycles. The van der Waals surface area contributed by atoms with Crippen molar-refractivity contribution in [3.63, 3.8) is 0 Å². The van der Waals surface area contributed by atoms with E-state index in [2.05, 4.69) is 30.8 Å². The van der Waals surface area contributed by atoms with Gasteiger partial charge in [-0.3, -0.25) is 0 Å². The van der Waals surface area contributed by atoms with E-state index < -0.39 is 10.0 Å². The molecule has 0 radical (unpaired) electrons. The third kappa shape index (κ3) is 6.20. The molecule has 1 aromatic rings. The van der Waals surface area contributed by atoms with Crippen molar-refractivity contribution in [2.75, 3.05) is 13.6 Å². The number of unbranched alkanes of at least 4 members (excludes halogenated alkanes) is 2. The summed E-state index contributed by atoms with van der Waals surface area (Å²) in [5.41, 5.74) is 0.238. The van der Waals surface area contributed by atoms with Gasteiger partial charge in [0.2, 0.25) is 5.09 Å². The normalized spacial score (nSPS) is 12.8. The van der Waals surface area contributed by atoms with Crippen molar-refractivity contribution in [2.45, 2.75) is 58.1 Å². The van der Waals surface area contributed by atoms with Gasteiger partial charge in [0.15, 0.2) is 0 Å². The molecule has 0 aliphatic carbocycles. The minimum atomic E-state index is -3.49. The van der Waals surface area contributed by atoms with Gasteiger partial charge in [-0.05, 0) is 31.0 Å². The monoisotopic (exact) mass is 316 g/mol. The highest BCUT2D eigenvalue weighted by molar-refractivity contribution is 7.89. The summed E-state index contributed by atoms with van der Waals surface area (Å²) in [6, 6.07) is 3.18. The van der Waals surface area contributed by atoms with Crippen LogP contribution in [-0.2, 0) is 16.6 Å². The van der Waals surface area contributed by atoms with E-state index >= 15 is 0 Å². The first-order chi connectivity index (χ1) is 9.80. The van der Waals surface area contributed by atoms with Gasteiger partial charge >= 0.3 is 0 Å². The highest BCUT2D eigenvalue weighted by Gasteiger charge is 2.18. The minimum Gasteiger partial charge on any atom is -0.447 e. The van der Waals surface area contributed by atoms with Crippen LogP contribution in [0.15, 0.2) is 21.6 Å². The second-order valence-corrected chi connectivity index (χ2v) is 7.97. The van der Waals surface area contributed by atoms with Crippen molar-refractivity contribution in [2.24, 2.45) is 5.41 Å². The van der Waals surface area contributed by atoms with E-state index in [1.165, 1.54) is 38.8 Å². The predicted octanol–water partition coefficient (Wildman–Crippen LogP) is 2.88. The summed E-state index contributed by atoms with van der Waals surface area (Å²) >= 11 is 0. The maximum absolute atomic E-state index is 11.6. The zero-order valence-corrected chi connectivity index (χ0v) is 14.3. The van der Waals surface area contributed by atoms with E-state index in [-0.39, 0.29) is 10.5 Å². The summed E-state index contributed by atoms with van der Waals surface area (Å²) < 4.78 is 30.7. The number of nitrogens with one attached hydrogen (secondary N) is 2. The standard InChI is InChI=1S/C15H28N2O3S/c1-5-6-7-10-15(2,3)12-17-11-13-8-9-14(20-13)21(18,19)16-4/h8-9,16-17H,5-7,10-12H2,1-4H3. The lowest BCUT2D eigenvalue weighted by Crippen LogP contribution is -2.29. The van der Waals surface area contributed by atoms with Gasteiger partial charge in [-0.15, -0.1) is 0 Å². The topological polar surface area (TPSA) is 71.3 Å². The van der Waals surface area contributed by atoms with Crippen molar-refractivity contribution in [3.8, 4) is 0 Å². The summed E-state index contributed by atoms with van der Waals surface area (Å²) in [7, 11) is -2.12. The SMILES string of the molecule is CCCCCC(C)(C)CNCc1ccc(S(=O)(=O)NC)o1. The molecule has 0 spiro atoms. The largest absolute Gasteiger partial charge is 0.447 e. The Morgan fingerprint density at radius 3 is 2.57 bits per heavy atom. The first kappa shape index (κ1) is 18.2. The maximum Gasteiger partial charge on any atom is 0.273 e. The van der Waals surface area contributed by atoms with Gasteiger partial charge in [0, 0.05) is 6.54 Å². The van der Waals surface area contributed by atoms with Gasteiger partial charge in [0.05, 0.1) is 6.54 Å². The molecule has 0 saturated heterocycles. The zero-order valence-electron chi connectivity index (χ0n) is 13.5. The van der Waals surface area contributed by atoms with Crippen LogP contribution >= 0.6 is 0 Å². The molecule has 1 heterocycles. The third-order valence-corrected chi connectivity index (χ3v) is 4.82. The van der Waals surface area contributed by atoms with Gasteiger partial charge in [-0.1, -0.05) is 40.0 Å². The molecular formula is C15H28N2O3S. The summed E-state index contributed by atoms with van der Waals surface area (Å²) in [4.78, 5) is 0. The highest BCUT2D eigenvalue weighted by atomic mass is 32.2. The molecule has 0 unspecified atom stereocenters. The first-order valence-corrected chi connectivity index (χ1v) is 9.02. The Balaban J connectivity index is 2.42. The molecule has 6 heteroatoms. The Morgan fingerprint density at radius 1 is 1.24 bits per heavy atom. The van der Waals surface area contributed by atoms with Crippen molar-refractivity contribution in [3.05, 3.63) is 17.9 Å². The number of hydrogen-bond donors (Lipinski definition) is 2. The molecule has 1 rings (SSSR count). The Hall–Kier alpha value is -0.850. The molecule has 21 heavy (non-hydrogen) atoms. The molecule has 0 bridgehead atoms. The molecule has 0 saturated carbocycles. The van der Waals surface area contributed by atoms with Crippen LogP contribution in [0.2, 0.25) is 0 Å². The van der Waals surface area contributed by atoms with E-state index in [4.69, 9.17) is 4.42 Å². The fourth-order valence-electron chi connectivity index (χ4n) is 2.16. The fourth-order valence-corrected chi connectivity index (χ4v) is 2.83. The molecule has 122 valence electrons. The van der Waals surface area contributed by atoms with E-state index in [0.717, 1.165) is 6.54 Å². The van der Waals surface area contributed by atoms with Crippen LogP contribution in [-0.4, -0.2) is 22.0 Å². The van der Waals surface area contributed by atoms with E-state index in [1.807, 2.05) is 0 Å². The van der Waals surface area contributed by atoms with Crippen LogP contribution in [0, 0.1) is 5.41 Å². The third-order valence-electron chi connectivity index (χ3n) is 3.53. The highest BCUT2D eigenvalue weighted by Crippen LogP contribution is 2.23. The molecule has 0 fully saturated rings. The van der Waals surface area contributed by atoms with Gasteiger partial charge < -0.3 is 9.73 Å². The Bertz CT molecular complexity index is 521. The van der Waals surface area contributed by atoms with Crippen molar-refractivity contribution in [1.82, 2.24) is 10.0 Å². The Kier molecular flexibility index (Phi) is 6.90. The van der Waals surface area contributed by atoms with Crippen LogP contribution in [0.3, 0.4) is 0 Å². The lowest BCUT2D eigenvalue weighted by atomic mass is 9.87. The van der Waals surface area contributed by atoms with Crippen LogP contribution in [0.5, 0.6) is 0 Å². The number of hydrogen-bond acceptors (Lipinski definition) is 4. The summed E-state index contributed by atoms with van der Waals surface area (Å²) in [5.74, 6) is 0.633. The van der Waals surface area contributed by atoms with E-state index in [9.17, 15) is 8.42 Å². The van der Waals surface area contributed by atoms with E-state index in [1.54, 1.807) is 6.07 Å². The fraction of sp³-hybridized carbons (Fsp3) is 0.733. The summed E-state index contributed by atoms with van der Waals surface area (Å²) in [5, 5.41) is 3.30. The average Bonchev–Trinajstić information content (AvgIpc) is 2.88. The lowest BCUT2D eigenvalue weighted by Gasteiger charge is -2.24. The Morgan fingerprint density at radius 2 is 1.95 bits per heavy atom. The minimum absolute atomic E-state index is 0.0380. The lowest BCUT2D eigenvalue weighted by molar-refractivity contribution is 0.294. The van der Waals surface area contributed by atoms with Crippen LogP contribution in [0.4, 0.5) is 0 Å². The molecule has 0 atom stereocenters. The van der Waals surface area contributed by atoms with Crippen LogP contribution in [0.1, 0.15) is 52.2 Å². The zero-order chi connectivity index (χ0) is 15.9. The molecule has 0 aromatic carbocycles. The van der Waals surface area contributed by atoms with Crippen LogP contribution < -0.4 is 10.0 Å². The van der Waals surface area contributed by atoms with Crippen LogP contribution in [0.25, 0.3) is 0 Å². The second kappa shape index (κ2) is 7.96. The van der Waals surface area contributed by atoms with E-state index in [0.29, 0.717) is 12.3 Å².